The molecule has 1 aromatic rings. The van der Waals surface area contributed by atoms with E-state index in [1.807, 2.05) is 6.92 Å². The van der Waals surface area contributed by atoms with Gasteiger partial charge in [-0.05, 0) is 44.9 Å². The van der Waals surface area contributed by atoms with E-state index in [0.717, 1.165) is 43.7 Å². The summed E-state index contributed by atoms with van der Waals surface area (Å²) in [7, 11) is 0. The average molecular weight is 298 g/mol. The summed E-state index contributed by atoms with van der Waals surface area (Å²) in [5, 5.41) is 14.5. The molecule has 0 amide bonds. The molecule has 1 saturated heterocycles. The van der Waals surface area contributed by atoms with Gasteiger partial charge in [-0.3, -0.25) is 10.1 Å². The third-order valence-corrected chi connectivity index (χ3v) is 4.13. The fraction of sp³-hybridized carbons (Fsp3) is 0.571. The second-order valence-corrected chi connectivity index (χ2v) is 5.54. The molecule has 1 unspecified atom stereocenters. The quantitative estimate of drug-likeness (QED) is 0.685. The van der Waals surface area contributed by atoms with E-state index in [4.69, 9.17) is 11.6 Å². The minimum atomic E-state index is -0.433. The molecule has 1 aromatic carbocycles. The van der Waals surface area contributed by atoms with Crippen molar-refractivity contribution < 1.29 is 4.92 Å². The van der Waals surface area contributed by atoms with Gasteiger partial charge in [-0.1, -0.05) is 11.6 Å². The zero-order chi connectivity index (χ0) is 14.7. The van der Waals surface area contributed by atoms with Crippen molar-refractivity contribution in [3.8, 4) is 0 Å². The maximum Gasteiger partial charge on any atom is 0.288 e. The fourth-order valence-electron chi connectivity index (χ4n) is 2.83. The number of anilines is 1. The lowest BCUT2D eigenvalue weighted by atomic mass is 10.0. The average Bonchev–Trinajstić information content (AvgIpc) is 2.44. The Morgan fingerprint density at radius 3 is 2.85 bits per heavy atom. The van der Waals surface area contributed by atoms with Crippen LogP contribution in [-0.4, -0.2) is 30.6 Å². The highest BCUT2D eigenvalue weighted by molar-refractivity contribution is 6.33. The van der Waals surface area contributed by atoms with Crippen LogP contribution in [0, 0.1) is 17.0 Å². The zero-order valence-corrected chi connectivity index (χ0v) is 12.6. The van der Waals surface area contributed by atoms with Crippen LogP contribution in [0.1, 0.15) is 25.3 Å². The Kier molecular flexibility index (Phi) is 4.83. The number of aryl methyl sites for hydroxylation is 1. The van der Waals surface area contributed by atoms with Gasteiger partial charge >= 0.3 is 0 Å². The largest absolute Gasteiger partial charge is 0.367 e. The number of halogens is 1. The van der Waals surface area contributed by atoms with E-state index >= 15 is 0 Å². The second kappa shape index (κ2) is 6.41. The molecule has 2 rings (SSSR count). The Morgan fingerprint density at radius 1 is 1.55 bits per heavy atom. The Hall–Kier alpha value is -1.33. The first-order valence-electron chi connectivity index (χ1n) is 6.96. The number of piperidine rings is 1. The number of nitrogens with zero attached hydrogens (tertiary/aromatic N) is 2. The highest BCUT2D eigenvalue weighted by atomic mass is 35.5. The number of nitro groups is 1. The van der Waals surface area contributed by atoms with Crippen LogP contribution < -0.4 is 10.2 Å². The summed E-state index contributed by atoms with van der Waals surface area (Å²) in [6.45, 7) is 6.87. The number of likely N-dealkylation sites (N-methyl/N-ethyl adjacent to an activating group) is 1. The van der Waals surface area contributed by atoms with Gasteiger partial charge < -0.3 is 10.2 Å². The molecule has 1 N–H and O–H groups in total. The molecular weight excluding hydrogens is 278 g/mol. The number of hydrogen-bond acceptors (Lipinski definition) is 4. The monoisotopic (exact) mass is 297 g/mol. The van der Waals surface area contributed by atoms with Crippen molar-refractivity contribution in [1.82, 2.24) is 5.32 Å². The van der Waals surface area contributed by atoms with Gasteiger partial charge in [-0.15, -0.1) is 0 Å². The maximum absolute atomic E-state index is 10.9. The van der Waals surface area contributed by atoms with Gasteiger partial charge in [-0.2, -0.15) is 0 Å². The Morgan fingerprint density at radius 2 is 2.30 bits per heavy atom. The van der Waals surface area contributed by atoms with Crippen molar-refractivity contribution in [2.24, 2.45) is 0 Å². The van der Waals surface area contributed by atoms with Crippen molar-refractivity contribution in [3.63, 3.8) is 0 Å². The Bertz CT molecular complexity index is 501. The predicted octanol–water partition coefficient (Wildman–Crippen LogP) is 3.13. The van der Waals surface area contributed by atoms with E-state index in [1.54, 1.807) is 12.1 Å². The van der Waals surface area contributed by atoms with Crippen molar-refractivity contribution in [2.45, 2.75) is 32.7 Å². The first kappa shape index (κ1) is 15.1. The Labute approximate surface area is 124 Å². The highest BCUT2D eigenvalue weighted by Gasteiger charge is 2.23. The van der Waals surface area contributed by atoms with Crippen LogP contribution in [0.15, 0.2) is 12.1 Å². The van der Waals surface area contributed by atoms with Gasteiger partial charge in [0.25, 0.3) is 5.69 Å². The summed E-state index contributed by atoms with van der Waals surface area (Å²) >= 11 is 6.05. The maximum atomic E-state index is 10.9. The van der Waals surface area contributed by atoms with Gasteiger partial charge in [0.05, 0.1) is 4.92 Å². The lowest BCUT2D eigenvalue weighted by Gasteiger charge is -2.36. The van der Waals surface area contributed by atoms with Crippen molar-refractivity contribution >= 4 is 23.0 Å². The lowest BCUT2D eigenvalue weighted by Crippen LogP contribution is -2.46. The summed E-state index contributed by atoms with van der Waals surface area (Å²) in [6, 6.07) is 3.72. The molecule has 1 fully saturated rings. The van der Waals surface area contributed by atoms with Crippen LogP contribution in [0.5, 0.6) is 0 Å². The van der Waals surface area contributed by atoms with Crippen molar-refractivity contribution in [2.75, 3.05) is 24.5 Å². The van der Waals surface area contributed by atoms with Crippen LogP contribution in [0.4, 0.5) is 11.4 Å². The SMILES string of the molecule is CCN(c1cc(Cl)c([N+](=O)[O-])cc1C)C1CCCNC1. The molecule has 110 valence electrons. The molecule has 0 aliphatic carbocycles. The number of hydrogen-bond donors (Lipinski definition) is 1. The molecule has 20 heavy (non-hydrogen) atoms. The summed E-state index contributed by atoms with van der Waals surface area (Å²) < 4.78 is 0. The van der Waals surface area contributed by atoms with Crippen molar-refractivity contribution in [1.29, 1.82) is 0 Å². The molecule has 0 spiro atoms. The molecule has 6 heteroatoms. The molecular formula is C14H20ClN3O2. The minimum Gasteiger partial charge on any atom is -0.367 e. The van der Waals surface area contributed by atoms with Crippen LogP contribution in [0.3, 0.4) is 0 Å². The molecule has 1 heterocycles. The number of benzene rings is 1. The first-order valence-corrected chi connectivity index (χ1v) is 7.34. The van der Waals surface area contributed by atoms with E-state index in [9.17, 15) is 10.1 Å². The molecule has 1 aliphatic heterocycles. The van der Waals surface area contributed by atoms with Gasteiger partial charge in [0, 0.05) is 30.9 Å². The van der Waals surface area contributed by atoms with Crippen LogP contribution in [0.2, 0.25) is 5.02 Å². The standard InChI is InChI=1S/C14H20ClN3O2/c1-3-17(11-5-4-6-16-9-11)13-8-12(15)14(18(19)20)7-10(13)2/h7-8,11,16H,3-6,9H2,1-2H3. The van der Waals surface area contributed by atoms with Gasteiger partial charge in [0.15, 0.2) is 0 Å². The van der Waals surface area contributed by atoms with E-state index < -0.39 is 4.92 Å². The van der Waals surface area contributed by atoms with Gasteiger partial charge in [0.1, 0.15) is 5.02 Å². The van der Waals surface area contributed by atoms with Crippen LogP contribution in [0.25, 0.3) is 0 Å². The topological polar surface area (TPSA) is 58.4 Å². The Balaban J connectivity index is 2.34. The van der Waals surface area contributed by atoms with Crippen LogP contribution >= 0.6 is 11.6 Å². The van der Waals surface area contributed by atoms with E-state index in [2.05, 4.69) is 17.1 Å². The number of rotatable bonds is 4. The summed E-state index contributed by atoms with van der Waals surface area (Å²) in [5.41, 5.74) is 1.87. The molecule has 5 nitrogen and oxygen atoms in total. The van der Waals surface area contributed by atoms with Crippen LogP contribution in [-0.2, 0) is 0 Å². The third kappa shape index (κ3) is 3.04. The molecule has 0 bridgehead atoms. The first-order chi connectivity index (χ1) is 9.54. The van der Waals surface area contributed by atoms with E-state index in [-0.39, 0.29) is 10.7 Å². The summed E-state index contributed by atoms with van der Waals surface area (Å²) in [6.07, 6.45) is 2.29. The summed E-state index contributed by atoms with van der Waals surface area (Å²) in [4.78, 5) is 12.8. The molecule has 1 aliphatic rings. The molecule has 0 aromatic heterocycles. The molecule has 0 saturated carbocycles. The molecule has 0 radical (unpaired) electrons. The summed E-state index contributed by atoms with van der Waals surface area (Å²) in [5.74, 6) is 0. The van der Waals surface area contributed by atoms with Gasteiger partial charge in [-0.25, -0.2) is 0 Å². The zero-order valence-electron chi connectivity index (χ0n) is 11.9. The number of nitrogens with one attached hydrogen (secondary N) is 1. The highest BCUT2D eigenvalue weighted by Crippen LogP contribution is 2.34. The normalized spacial score (nSPS) is 18.9. The second-order valence-electron chi connectivity index (χ2n) is 5.13. The smallest absolute Gasteiger partial charge is 0.288 e. The fourth-order valence-corrected chi connectivity index (χ4v) is 3.06. The minimum absolute atomic E-state index is 0.0225. The third-order valence-electron chi connectivity index (χ3n) is 3.82. The van der Waals surface area contributed by atoms with Gasteiger partial charge in [0.2, 0.25) is 0 Å². The lowest BCUT2D eigenvalue weighted by molar-refractivity contribution is -0.384. The van der Waals surface area contributed by atoms with Crippen molar-refractivity contribution in [3.05, 3.63) is 32.8 Å². The predicted molar refractivity (Wildman–Crippen MR) is 81.8 cm³/mol. The van der Waals surface area contributed by atoms with E-state index in [0.29, 0.717) is 6.04 Å². The number of nitro benzene ring substituents is 1. The van der Waals surface area contributed by atoms with E-state index in [1.165, 1.54) is 0 Å². The molecule has 1 atom stereocenters.